The summed E-state index contributed by atoms with van der Waals surface area (Å²) in [5, 5.41) is 3.03. The summed E-state index contributed by atoms with van der Waals surface area (Å²) in [6.45, 7) is 9.93. The Morgan fingerprint density at radius 3 is 2.27 bits per heavy atom. The molecule has 0 aromatic heterocycles. The maximum Gasteiger partial charge on any atom is 0.407 e. The molecule has 0 spiro atoms. The van der Waals surface area contributed by atoms with Gasteiger partial charge in [-0.25, -0.2) is 4.79 Å². The van der Waals surface area contributed by atoms with Gasteiger partial charge >= 0.3 is 6.09 Å². The molecular weight excluding hydrogens is 378 g/mol. The number of carbonyl (C=O) groups is 2. The molecule has 1 amide bonds. The normalized spacial score (nSPS) is 17.4. The van der Waals surface area contributed by atoms with Crippen molar-refractivity contribution in [2.75, 3.05) is 0 Å². The summed E-state index contributed by atoms with van der Waals surface area (Å²) in [5.74, 6) is 0.490. The number of benzene rings is 1. The van der Waals surface area contributed by atoms with Crippen molar-refractivity contribution in [3.05, 3.63) is 35.9 Å². The van der Waals surface area contributed by atoms with E-state index in [9.17, 15) is 9.59 Å². The number of nitrogens with one attached hydrogen (secondary N) is 1. The fraction of sp³-hybridized carbons (Fsp3) is 0.680. The number of hydrogen-bond acceptors (Lipinski definition) is 4. The molecule has 1 aliphatic carbocycles. The molecule has 0 radical (unpaired) electrons. The van der Waals surface area contributed by atoms with Crippen LogP contribution in [0.2, 0.25) is 0 Å². The van der Waals surface area contributed by atoms with Crippen molar-refractivity contribution >= 4 is 11.9 Å². The Labute approximate surface area is 181 Å². The lowest BCUT2D eigenvalue weighted by atomic mass is 9.80. The second-order valence-electron chi connectivity index (χ2n) is 9.85. The molecule has 30 heavy (non-hydrogen) atoms. The average Bonchev–Trinajstić information content (AvgIpc) is 2.67. The highest BCUT2D eigenvalue weighted by atomic mass is 16.6. The summed E-state index contributed by atoms with van der Waals surface area (Å²) >= 11 is 0. The number of alkyl carbamates (subject to hydrolysis) is 1. The Kier molecular flexibility index (Phi) is 9.35. The molecule has 168 valence electrons. The largest absolute Gasteiger partial charge is 0.444 e. The van der Waals surface area contributed by atoms with Gasteiger partial charge < -0.3 is 14.8 Å². The lowest BCUT2D eigenvalue weighted by molar-refractivity contribution is -0.135. The van der Waals surface area contributed by atoms with Gasteiger partial charge in [-0.3, -0.25) is 4.79 Å². The van der Waals surface area contributed by atoms with E-state index in [4.69, 9.17) is 9.47 Å². The van der Waals surface area contributed by atoms with Crippen LogP contribution in [0.4, 0.5) is 4.79 Å². The number of amides is 1. The third-order valence-corrected chi connectivity index (χ3v) is 5.37. The number of ether oxygens (including phenoxy) is 2. The molecule has 2 atom stereocenters. The molecule has 5 heteroatoms. The Hall–Kier alpha value is -1.88. The first-order chi connectivity index (χ1) is 14.2. The maximum atomic E-state index is 13.2. The van der Waals surface area contributed by atoms with Crippen LogP contribution < -0.4 is 5.32 Å². The van der Waals surface area contributed by atoms with Gasteiger partial charge in [-0.15, -0.1) is 0 Å². The van der Waals surface area contributed by atoms with E-state index >= 15 is 0 Å². The van der Waals surface area contributed by atoms with E-state index in [2.05, 4.69) is 5.32 Å². The molecule has 0 aliphatic heterocycles. The van der Waals surface area contributed by atoms with Crippen LogP contribution in [0, 0.1) is 11.8 Å². The highest BCUT2D eigenvalue weighted by Crippen LogP contribution is 2.30. The van der Waals surface area contributed by atoms with Crippen LogP contribution >= 0.6 is 0 Å². The third kappa shape index (κ3) is 8.47. The Morgan fingerprint density at radius 2 is 1.70 bits per heavy atom. The molecule has 1 N–H and O–H groups in total. The molecule has 1 saturated carbocycles. The van der Waals surface area contributed by atoms with Gasteiger partial charge in [0.05, 0.1) is 12.6 Å². The molecule has 0 bridgehead atoms. The van der Waals surface area contributed by atoms with Crippen LogP contribution in [0.15, 0.2) is 30.3 Å². The Bertz CT molecular complexity index is 659. The second kappa shape index (κ2) is 11.5. The average molecular weight is 418 g/mol. The summed E-state index contributed by atoms with van der Waals surface area (Å²) in [4.78, 5) is 25.8. The van der Waals surface area contributed by atoms with E-state index in [0.717, 1.165) is 31.2 Å². The van der Waals surface area contributed by atoms with Gasteiger partial charge in [0.15, 0.2) is 5.78 Å². The minimum Gasteiger partial charge on any atom is -0.444 e. The third-order valence-electron chi connectivity index (χ3n) is 5.37. The van der Waals surface area contributed by atoms with Gasteiger partial charge in [-0.2, -0.15) is 0 Å². The van der Waals surface area contributed by atoms with Crippen molar-refractivity contribution in [2.45, 2.75) is 97.5 Å². The van der Waals surface area contributed by atoms with Crippen molar-refractivity contribution in [3.63, 3.8) is 0 Å². The lowest BCUT2D eigenvalue weighted by Gasteiger charge is -2.36. The number of carbonyl (C=O) groups excluding carboxylic acids is 2. The predicted molar refractivity (Wildman–Crippen MR) is 119 cm³/mol. The topological polar surface area (TPSA) is 64.6 Å². The molecular formula is C25H39NO4. The number of hydrogen-bond donors (Lipinski definition) is 1. The first kappa shape index (κ1) is 24.4. The summed E-state index contributed by atoms with van der Waals surface area (Å²) < 4.78 is 11.7. The molecule has 1 aromatic rings. The van der Waals surface area contributed by atoms with E-state index in [-0.39, 0.29) is 23.7 Å². The Morgan fingerprint density at radius 1 is 1.07 bits per heavy atom. The van der Waals surface area contributed by atoms with Crippen molar-refractivity contribution in [3.8, 4) is 0 Å². The van der Waals surface area contributed by atoms with Gasteiger partial charge in [0.1, 0.15) is 11.7 Å². The van der Waals surface area contributed by atoms with Gasteiger partial charge in [-0.05, 0) is 51.0 Å². The lowest BCUT2D eigenvalue weighted by Crippen LogP contribution is -2.53. The van der Waals surface area contributed by atoms with Crippen LogP contribution in [0.3, 0.4) is 0 Å². The maximum absolute atomic E-state index is 13.2. The molecule has 1 aliphatic rings. The molecule has 0 heterocycles. The van der Waals surface area contributed by atoms with Crippen LogP contribution in [0.1, 0.15) is 78.7 Å². The van der Waals surface area contributed by atoms with E-state index < -0.39 is 17.8 Å². The van der Waals surface area contributed by atoms with E-state index in [0.29, 0.717) is 13.0 Å². The Balaban J connectivity index is 2.23. The van der Waals surface area contributed by atoms with Gasteiger partial charge in [0.2, 0.25) is 0 Å². The molecule has 1 aromatic carbocycles. The van der Waals surface area contributed by atoms with Crippen molar-refractivity contribution < 1.29 is 19.1 Å². The zero-order valence-corrected chi connectivity index (χ0v) is 19.3. The number of rotatable bonds is 9. The molecule has 1 fully saturated rings. The number of Topliss-reactive ketones (excluding diaryl/α,β-unsaturated/α-hetero) is 1. The zero-order chi connectivity index (χ0) is 22.1. The highest BCUT2D eigenvalue weighted by molar-refractivity contribution is 5.85. The molecule has 0 saturated heterocycles. The van der Waals surface area contributed by atoms with Crippen LogP contribution in [-0.2, 0) is 20.9 Å². The summed E-state index contributed by atoms with van der Waals surface area (Å²) in [6, 6.07) is 9.47. The van der Waals surface area contributed by atoms with E-state index in [1.807, 2.05) is 65.0 Å². The van der Waals surface area contributed by atoms with Crippen LogP contribution in [0.5, 0.6) is 0 Å². The van der Waals surface area contributed by atoms with Crippen molar-refractivity contribution in [1.29, 1.82) is 0 Å². The SMILES string of the molecule is CC(C)CC(=O)[C@H](OCc1ccccc1)[C@@H](NC(=O)OC(C)(C)C)C1CCCCC1. The summed E-state index contributed by atoms with van der Waals surface area (Å²) in [7, 11) is 0. The van der Waals surface area contributed by atoms with Crippen molar-refractivity contribution in [2.24, 2.45) is 11.8 Å². The fourth-order valence-corrected chi connectivity index (χ4v) is 4.05. The molecule has 5 nitrogen and oxygen atoms in total. The van der Waals surface area contributed by atoms with Gasteiger partial charge in [-0.1, -0.05) is 63.4 Å². The van der Waals surface area contributed by atoms with Crippen LogP contribution in [0.25, 0.3) is 0 Å². The second-order valence-corrected chi connectivity index (χ2v) is 9.85. The minimum atomic E-state index is -0.678. The zero-order valence-electron chi connectivity index (χ0n) is 19.3. The first-order valence-corrected chi connectivity index (χ1v) is 11.3. The summed E-state index contributed by atoms with van der Waals surface area (Å²) in [6.07, 6.45) is 4.67. The number of ketones is 1. The minimum absolute atomic E-state index is 0.0487. The van der Waals surface area contributed by atoms with Crippen LogP contribution in [-0.4, -0.2) is 29.6 Å². The quantitative estimate of drug-likeness (QED) is 0.563. The smallest absolute Gasteiger partial charge is 0.407 e. The van der Waals surface area contributed by atoms with Gasteiger partial charge in [0, 0.05) is 6.42 Å². The summed E-state index contributed by atoms with van der Waals surface area (Å²) in [5.41, 5.74) is 0.420. The molecule has 2 rings (SSSR count). The molecule has 0 unspecified atom stereocenters. The highest BCUT2D eigenvalue weighted by Gasteiger charge is 2.37. The fourth-order valence-electron chi connectivity index (χ4n) is 4.05. The van der Waals surface area contributed by atoms with E-state index in [1.54, 1.807) is 0 Å². The standard InChI is InChI=1S/C25H39NO4/c1-18(2)16-21(27)23(29-17-19-12-8-6-9-13-19)22(20-14-10-7-11-15-20)26-24(28)30-25(3,4)5/h6,8-9,12-13,18,20,22-23H,7,10-11,14-17H2,1-5H3,(H,26,28)/t22-,23-/m0/s1. The first-order valence-electron chi connectivity index (χ1n) is 11.3. The van der Waals surface area contributed by atoms with Gasteiger partial charge in [0.25, 0.3) is 0 Å². The predicted octanol–water partition coefficient (Wildman–Crippen LogP) is 5.66. The van der Waals surface area contributed by atoms with E-state index in [1.165, 1.54) is 6.42 Å². The van der Waals surface area contributed by atoms with Crippen molar-refractivity contribution in [1.82, 2.24) is 5.32 Å². The monoisotopic (exact) mass is 417 g/mol.